The van der Waals surface area contributed by atoms with Crippen LogP contribution < -0.4 is 0 Å². The quantitative estimate of drug-likeness (QED) is 0.840. The van der Waals surface area contributed by atoms with Crippen molar-refractivity contribution in [1.82, 2.24) is 14.9 Å². The topological polar surface area (TPSA) is 55.3 Å². The number of aromatic nitrogens is 2. The van der Waals surface area contributed by atoms with E-state index in [1.807, 2.05) is 20.8 Å². The van der Waals surface area contributed by atoms with Crippen molar-refractivity contribution in [3.8, 4) is 0 Å². The Bertz CT molecular complexity index is 494. The summed E-state index contributed by atoms with van der Waals surface area (Å²) in [5.41, 5.74) is 0.475. The van der Waals surface area contributed by atoms with Crippen LogP contribution in [0.25, 0.3) is 0 Å². The summed E-state index contributed by atoms with van der Waals surface area (Å²) in [5.74, 6) is 0.511. The number of piperidine rings is 1. The molecule has 116 valence electrons. The van der Waals surface area contributed by atoms with Crippen LogP contribution in [-0.2, 0) is 11.2 Å². The Hall–Kier alpha value is -1.36. The molecule has 0 unspecified atom stereocenters. The maximum atomic E-state index is 12.0. The Kier molecular flexibility index (Phi) is 5.04. The lowest BCUT2D eigenvalue weighted by Gasteiger charge is -2.33. The second kappa shape index (κ2) is 6.60. The molecule has 5 nitrogen and oxygen atoms in total. The molecule has 1 saturated heterocycles. The maximum Gasteiger partial charge on any atom is 0.410 e. The fraction of sp³-hybridized carbons (Fsp3) is 0.667. The first-order valence-corrected chi connectivity index (χ1v) is 7.65. The van der Waals surface area contributed by atoms with E-state index in [1.165, 1.54) is 6.20 Å². The largest absolute Gasteiger partial charge is 0.444 e. The highest BCUT2D eigenvalue weighted by Crippen LogP contribution is 2.22. The highest BCUT2D eigenvalue weighted by atomic mass is 35.5. The third-order valence-electron chi connectivity index (χ3n) is 3.42. The van der Waals surface area contributed by atoms with Crippen molar-refractivity contribution in [2.24, 2.45) is 5.92 Å². The van der Waals surface area contributed by atoms with Crippen molar-refractivity contribution in [2.45, 2.75) is 45.6 Å². The fourth-order valence-electron chi connectivity index (χ4n) is 2.42. The highest BCUT2D eigenvalue weighted by molar-refractivity contribution is 6.29. The molecule has 0 spiro atoms. The van der Waals surface area contributed by atoms with E-state index in [2.05, 4.69) is 9.97 Å². The molecular formula is C15H22ClN3O2. The molecule has 1 fully saturated rings. The molecule has 0 saturated carbocycles. The zero-order valence-corrected chi connectivity index (χ0v) is 13.6. The van der Waals surface area contributed by atoms with Crippen LogP contribution in [-0.4, -0.2) is 39.7 Å². The van der Waals surface area contributed by atoms with Crippen LogP contribution in [0.15, 0.2) is 12.4 Å². The van der Waals surface area contributed by atoms with Crippen molar-refractivity contribution in [3.63, 3.8) is 0 Å². The summed E-state index contributed by atoms with van der Waals surface area (Å²) in [5, 5.41) is 0.429. The zero-order chi connectivity index (χ0) is 15.5. The van der Waals surface area contributed by atoms with E-state index in [4.69, 9.17) is 16.3 Å². The molecule has 0 aromatic carbocycles. The number of halogens is 1. The third-order valence-corrected chi connectivity index (χ3v) is 3.60. The molecule has 1 aliphatic heterocycles. The van der Waals surface area contributed by atoms with Gasteiger partial charge in [-0.3, -0.25) is 4.98 Å². The van der Waals surface area contributed by atoms with Gasteiger partial charge in [-0.05, 0) is 46.0 Å². The maximum absolute atomic E-state index is 12.0. The van der Waals surface area contributed by atoms with Gasteiger partial charge >= 0.3 is 6.09 Å². The monoisotopic (exact) mass is 311 g/mol. The number of carbonyl (C=O) groups is 1. The molecule has 1 amide bonds. The minimum absolute atomic E-state index is 0.219. The SMILES string of the molecule is CC(C)(C)OC(=O)N1CCC(Cc2cncc(Cl)n2)CC1. The Labute approximate surface area is 130 Å². The Morgan fingerprint density at radius 1 is 1.38 bits per heavy atom. The van der Waals surface area contributed by atoms with Gasteiger partial charge in [0.2, 0.25) is 0 Å². The lowest BCUT2D eigenvalue weighted by molar-refractivity contribution is 0.0184. The minimum atomic E-state index is -0.440. The molecule has 0 N–H and O–H groups in total. The Balaban J connectivity index is 1.82. The van der Waals surface area contributed by atoms with Crippen LogP contribution in [0.2, 0.25) is 5.15 Å². The van der Waals surface area contributed by atoms with E-state index in [9.17, 15) is 4.79 Å². The molecule has 1 aromatic heterocycles. The van der Waals surface area contributed by atoms with Gasteiger partial charge in [-0.15, -0.1) is 0 Å². The molecule has 0 bridgehead atoms. The van der Waals surface area contributed by atoms with Gasteiger partial charge in [-0.1, -0.05) is 11.6 Å². The van der Waals surface area contributed by atoms with E-state index in [1.54, 1.807) is 11.1 Å². The average molecular weight is 312 g/mol. The van der Waals surface area contributed by atoms with Crippen molar-refractivity contribution < 1.29 is 9.53 Å². The van der Waals surface area contributed by atoms with Gasteiger partial charge < -0.3 is 9.64 Å². The van der Waals surface area contributed by atoms with Gasteiger partial charge in [0.05, 0.1) is 11.9 Å². The van der Waals surface area contributed by atoms with Crippen LogP contribution in [0.5, 0.6) is 0 Å². The Morgan fingerprint density at radius 2 is 2.05 bits per heavy atom. The second-order valence-electron chi connectivity index (χ2n) is 6.45. The summed E-state index contributed by atoms with van der Waals surface area (Å²) in [6, 6.07) is 0. The summed E-state index contributed by atoms with van der Waals surface area (Å²) in [4.78, 5) is 22.1. The molecule has 6 heteroatoms. The first-order chi connectivity index (χ1) is 9.83. The van der Waals surface area contributed by atoms with E-state index < -0.39 is 5.60 Å². The summed E-state index contributed by atoms with van der Waals surface area (Å²) < 4.78 is 5.39. The van der Waals surface area contributed by atoms with Crippen molar-refractivity contribution in [2.75, 3.05) is 13.1 Å². The molecule has 0 atom stereocenters. The summed E-state index contributed by atoms with van der Waals surface area (Å²) >= 11 is 5.85. The van der Waals surface area contributed by atoms with Gasteiger partial charge in [0.15, 0.2) is 0 Å². The lowest BCUT2D eigenvalue weighted by Crippen LogP contribution is -2.42. The van der Waals surface area contributed by atoms with Crippen LogP contribution >= 0.6 is 11.6 Å². The number of ether oxygens (including phenoxy) is 1. The zero-order valence-electron chi connectivity index (χ0n) is 12.8. The molecule has 1 aromatic rings. The first-order valence-electron chi connectivity index (χ1n) is 7.28. The van der Waals surface area contributed by atoms with Crippen LogP contribution in [0.1, 0.15) is 39.3 Å². The van der Waals surface area contributed by atoms with E-state index in [-0.39, 0.29) is 6.09 Å². The number of hydrogen-bond acceptors (Lipinski definition) is 4. The predicted molar refractivity (Wildman–Crippen MR) is 81.3 cm³/mol. The molecule has 1 aliphatic rings. The van der Waals surface area contributed by atoms with Gasteiger partial charge in [0.1, 0.15) is 10.8 Å². The van der Waals surface area contributed by atoms with Crippen molar-refractivity contribution in [1.29, 1.82) is 0 Å². The number of rotatable bonds is 2. The number of amides is 1. The first kappa shape index (κ1) is 16.0. The number of carbonyl (C=O) groups excluding carboxylic acids is 1. The summed E-state index contributed by atoms with van der Waals surface area (Å²) in [7, 11) is 0. The molecule has 2 rings (SSSR count). The van der Waals surface area contributed by atoms with Gasteiger partial charge in [0.25, 0.3) is 0 Å². The molecular weight excluding hydrogens is 290 g/mol. The molecule has 0 aliphatic carbocycles. The van der Waals surface area contributed by atoms with Gasteiger partial charge in [-0.2, -0.15) is 0 Å². The number of nitrogens with zero attached hydrogens (tertiary/aromatic N) is 3. The molecule has 0 radical (unpaired) electrons. The third kappa shape index (κ3) is 5.16. The van der Waals surface area contributed by atoms with E-state index in [0.717, 1.165) is 38.0 Å². The van der Waals surface area contributed by atoms with Crippen LogP contribution in [0.3, 0.4) is 0 Å². The number of likely N-dealkylation sites (tertiary alicyclic amines) is 1. The standard InChI is InChI=1S/C15H22ClN3O2/c1-15(2,3)21-14(20)19-6-4-11(5-7-19)8-12-9-17-10-13(16)18-12/h9-11H,4-8H2,1-3H3. The Morgan fingerprint density at radius 3 is 2.62 bits per heavy atom. The van der Waals surface area contributed by atoms with Gasteiger partial charge in [-0.25, -0.2) is 9.78 Å². The van der Waals surface area contributed by atoms with Crippen molar-refractivity contribution in [3.05, 3.63) is 23.2 Å². The normalized spacial score (nSPS) is 16.9. The van der Waals surface area contributed by atoms with E-state index in [0.29, 0.717) is 11.1 Å². The lowest BCUT2D eigenvalue weighted by atomic mass is 9.92. The predicted octanol–water partition coefficient (Wildman–Crippen LogP) is 3.32. The molecule has 21 heavy (non-hydrogen) atoms. The summed E-state index contributed by atoms with van der Waals surface area (Å²) in [6.45, 7) is 7.11. The van der Waals surface area contributed by atoms with Gasteiger partial charge in [0, 0.05) is 19.3 Å². The number of hydrogen-bond donors (Lipinski definition) is 0. The fourth-order valence-corrected chi connectivity index (χ4v) is 2.58. The summed E-state index contributed by atoms with van der Waals surface area (Å²) in [6.07, 6.45) is 5.84. The van der Waals surface area contributed by atoms with Crippen LogP contribution in [0.4, 0.5) is 4.79 Å². The van der Waals surface area contributed by atoms with Crippen LogP contribution in [0, 0.1) is 5.92 Å². The minimum Gasteiger partial charge on any atom is -0.444 e. The smallest absolute Gasteiger partial charge is 0.410 e. The van der Waals surface area contributed by atoms with Crippen molar-refractivity contribution >= 4 is 17.7 Å². The molecule has 2 heterocycles. The average Bonchev–Trinajstić information content (AvgIpc) is 2.37. The highest BCUT2D eigenvalue weighted by Gasteiger charge is 2.27. The van der Waals surface area contributed by atoms with E-state index >= 15 is 0 Å². The second-order valence-corrected chi connectivity index (χ2v) is 6.84.